The highest BCUT2D eigenvalue weighted by atomic mass is 28.3. The van der Waals surface area contributed by atoms with E-state index in [-0.39, 0.29) is 12.1 Å². The number of hydrogen-bond donors (Lipinski definition) is 1. The van der Waals surface area contributed by atoms with Crippen LogP contribution in [-0.4, -0.2) is 49.4 Å². The summed E-state index contributed by atoms with van der Waals surface area (Å²) in [6.45, 7) is 15.3. The van der Waals surface area contributed by atoms with Crippen molar-refractivity contribution in [3.63, 3.8) is 0 Å². The van der Waals surface area contributed by atoms with E-state index >= 15 is 0 Å². The molecule has 0 aliphatic heterocycles. The van der Waals surface area contributed by atoms with Crippen molar-refractivity contribution in [2.24, 2.45) is 0 Å². The number of hydrogen-bond acceptors (Lipinski definition) is 2. The number of urea groups is 2. The van der Waals surface area contributed by atoms with E-state index in [1.165, 1.54) is 81.9 Å². The molecule has 0 rings (SSSR count). The predicted molar refractivity (Wildman–Crippen MR) is 156 cm³/mol. The molecule has 35 heavy (non-hydrogen) atoms. The van der Waals surface area contributed by atoms with Crippen molar-refractivity contribution in [3.05, 3.63) is 0 Å². The van der Waals surface area contributed by atoms with Gasteiger partial charge in [-0.3, -0.25) is 0 Å². The minimum absolute atomic E-state index is 0.0632. The Morgan fingerprint density at radius 3 is 1.43 bits per heavy atom. The standard InChI is InChI=1S/C29H61N3O2Si/c1-7-10-13-16-19-22-25-30-28(33)31(26-23-20-17-14-11-8-2)29(34)32(35(4,5)6)27-24-21-18-15-12-9-3/h7-27H2,1-6H3,(H,30,33). The number of carbonyl (C=O) groups is 2. The molecule has 0 atom stereocenters. The molecular formula is C29H61N3O2Si. The number of nitrogens with zero attached hydrogens (tertiary/aromatic N) is 2. The molecule has 0 aromatic carbocycles. The van der Waals surface area contributed by atoms with Crippen molar-refractivity contribution in [1.82, 2.24) is 14.8 Å². The molecule has 0 aliphatic carbocycles. The van der Waals surface area contributed by atoms with E-state index in [1.807, 2.05) is 0 Å². The normalized spacial score (nSPS) is 11.5. The van der Waals surface area contributed by atoms with E-state index < -0.39 is 8.24 Å². The Morgan fingerprint density at radius 2 is 0.971 bits per heavy atom. The van der Waals surface area contributed by atoms with Crippen LogP contribution >= 0.6 is 0 Å². The zero-order chi connectivity index (χ0) is 26.4. The summed E-state index contributed by atoms with van der Waals surface area (Å²) in [4.78, 5) is 28.4. The molecule has 4 amide bonds. The van der Waals surface area contributed by atoms with Crippen molar-refractivity contribution < 1.29 is 9.59 Å². The molecule has 0 unspecified atom stereocenters. The second-order valence-corrected chi connectivity index (χ2v) is 16.2. The van der Waals surface area contributed by atoms with Crippen molar-refractivity contribution >= 4 is 20.3 Å². The van der Waals surface area contributed by atoms with Crippen molar-refractivity contribution in [2.45, 2.75) is 156 Å². The molecule has 208 valence electrons. The minimum atomic E-state index is -1.89. The Labute approximate surface area is 220 Å². The molecular weight excluding hydrogens is 450 g/mol. The van der Waals surface area contributed by atoms with Crippen molar-refractivity contribution in [3.8, 4) is 0 Å². The third-order valence-electron chi connectivity index (χ3n) is 6.79. The van der Waals surface area contributed by atoms with E-state index in [1.54, 1.807) is 0 Å². The second kappa shape index (κ2) is 22.2. The van der Waals surface area contributed by atoms with Gasteiger partial charge in [-0.15, -0.1) is 0 Å². The SMILES string of the molecule is CCCCCCCCNC(=O)N(CCCCCCCC)C(=O)N(CCCCCCCC)[Si](C)(C)C. The summed E-state index contributed by atoms with van der Waals surface area (Å²) < 4.78 is 2.06. The van der Waals surface area contributed by atoms with Gasteiger partial charge in [0.25, 0.3) is 0 Å². The first-order valence-corrected chi connectivity index (χ1v) is 18.6. The summed E-state index contributed by atoms with van der Waals surface area (Å²) in [7, 11) is -1.89. The van der Waals surface area contributed by atoms with Crippen LogP contribution in [0.3, 0.4) is 0 Å². The van der Waals surface area contributed by atoms with Gasteiger partial charge in [-0.05, 0) is 19.3 Å². The van der Waals surface area contributed by atoms with Crippen LogP contribution in [0, 0.1) is 0 Å². The zero-order valence-electron chi connectivity index (χ0n) is 24.6. The van der Waals surface area contributed by atoms with Crippen molar-refractivity contribution in [1.29, 1.82) is 0 Å². The fourth-order valence-corrected chi connectivity index (χ4v) is 5.97. The molecule has 0 bridgehead atoms. The molecule has 0 aliphatic rings. The van der Waals surface area contributed by atoms with E-state index in [2.05, 4.69) is 50.3 Å². The zero-order valence-corrected chi connectivity index (χ0v) is 25.6. The van der Waals surface area contributed by atoms with Crippen LogP contribution in [0.4, 0.5) is 9.59 Å². The van der Waals surface area contributed by atoms with Crippen molar-refractivity contribution in [2.75, 3.05) is 19.6 Å². The molecule has 0 aromatic heterocycles. The lowest BCUT2D eigenvalue weighted by Crippen LogP contribution is -2.58. The van der Waals surface area contributed by atoms with E-state index in [9.17, 15) is 9.59 Å². The number of imide groups is 1. The van der Waals surface area contributed by atoms with E-state index in [4.69, 9.17) is 0 Å². The highest BCUT2D eigenvalue weighted by Gasteiger charge is 2.33. The van der Waals surface area contributed by atoms with Gasteiger partial charge >= 0.3 is 12.1 Å². The van der Waals surface area contributed by atoms with Gasteiger partial charge in [0.05, 0.1) is 0 Å². The van der Waals surface area contributed by atoms with Gasteiger partial charge in [-0.1, -0.05) is 137 Å². The molecule has 1 N–H and O–H groups in total. The first-order chi connectivity index (χ1) is 16.8. The van der Waals surface area contributed by atoms with Crippen LogP contribution in [0.5, 0.6) is 0 Å². The average Bonchev–Trinajstić information content (AvgIpc) is 2.81. The Morgan fingerprint density at radius 1 is 0.571 bits per heavy atom. The largest absolute Gasteiger partial charge is 0.352 e. The van der Waals surface area contributed by atoms with Gasteiger partial charge in [0.15, 0.2) is 8.24 Å². The minimum Gasteiger partial charge on any atom is -0.352 e. The molecule has 0 saturated carbocycles. The molecule has 6 heteroatoms. The number of rotatable bonds is 22. The summed E-state index contributed by atoms with van der Waals surface area (Å²) >= 11 is 0. The average molecular weight is 512 g/mol. The summed E-state index contributed by atoms with van der Waals surface area (Å²) in [6.07, 6.45) is 21.3. The number of nitrogens with one attached hydrogen (secondary N) is 1. The third-order valence-corrected chi connectivity index (χ3v) is 8.83. The van der Waals surface area contributed by atoms with Crippen LogP contribution in [0.2, 0.25) is 19.6 Å². The van der Waals surface area contributed by atoms with Crippen LogP contribution in [0.25, 0.3) is 0 Å². The van der Waals surface area contributed by atoms with Crippen LogP contribution in [-0.2, 0) is 0 Å². The van der Waals surface area contributed by atoms with Crippen LogP contribution in [0.1, 0.15) is 136 Å². The molecule has 0 saturated heterocycles. The maximum atomic E-state index is 13.7. The Kier molecular flexibility index (Phi) is 21.5. The Bertz CT molecular complexity index is 523. The lowest BCUT2D eigenvalue weighted by atomic mass is 10.1. The summed E-state index contributed by atoms with van der Waals surface area (Å²) in [6, 6.07) is -0.255. The Hall–Kier alpha value is -1.04. The highest BCUT2D eigenvalue weighted by molar-refractivity contribution is 6.75. The van der Waals surface area contributed by atoms with Gasteiger partial charge < -0.3 is 9.88 Å². The molecule has 0 radical (unpaired) electrons. The van der Waals surface area contributed by atoms with Crippen LogP contribution in [0.15, 0.2) is 0 Å². The molecule has 0 heterocycles. The maximum absolute atomic E-state index is 13.7. The lowest BCUT2D eigenvalue weighted by molar-refractivity contribution is 0.169. The van der Waals surface area contributed by atoms with Gasteiger partial charge in [-0.25, -0.2) is 14.5 Å². The van der Waals surface area contributed by atoms with Gasteiger partial charge in [-0.2, -0.15) is 0 Å². The fraction of sp³-hybridized carbons (Fsp3) is 0.931. The molecule has 0 aromatic rings. The molecule has 0 fully saturated rings. The summed E-state index contributed by atoms with van der Waals surface area (Å²) in [5, 5.41) is 3.07. The lowest BCUT2D eigenvalue weighted by Gasteiger charge is -2.38. The Balaban J connectivity index is 4.96. The van der Waals surface area contributed by atoms with Crippen LogP contribution < -0.4 is 5.32 Å². The highest BCUT2D eigenvalue weighted by Crippen LogP contribution is 2.17. The fourth-order valence-electron chi connectivity index (χ4n) is 4.44. The first kappa shape index (κ1) is 34.0. The first-order valence-electron chi connectivity index (χ1n) is 15.2. The topological polar surface area (TPSA) is 52.7 Å². The van der Waals surface area contributed by atoms with Gasteiger partial charge in [0.1, 0.15) is 0 Å². The molecule has 5 nitrogen and oxygen atoms in total. The quantitative estimate of drug-likeness (QED) is 0.116. The third kappa shape index (κ3) is 17.9. The summed E-state index contributed by atoms with van der Waals surface area (Å²) in [5.74, 6) is 0. The molecule has 0 spiro atoms. The number of amides is 4. The second-order valence-electron chi connectivity index (χ2n) is 11.3. The van der Waals surface area contributed by atoms with Gasteiger partial charge in [0.2, 0.25) is 0 Å². The summed E-state index contributed by atoms with van der Waals surface area (Å²) in [5.41, 5.74) is 0. The monoisotopic (exact) mass is 511 g/mol. The van der Waals surface area contributed by atoms with E-state index in [0.29, 0.717) is 13.1 Å². The van der Waals surface area contributed by atoms with E-state index in [0.717, 1.165) is 45.1 Å². The number of carbonyl (C=O) groups excluding carboxylic acids is 2. The predicted octanol–water partition coefficient (Wildman–Crippen LogP) is 9.34. The number of unbranched alkanes of at least 4 members (excludes halogenated alkanes) is 15. The maximum Gasteiger partial charge on any atom is 0.325 e. The smallest absolute Gasteiger partial charge is 0.325 e. The van der Waals surface area contributed by atoms with Gasteiger partial charge in [0, 0.05) is 19.6 Å².